The summed E-state index contributed by atoms with van der Waals surface area (Å²) in [5, 5.41) is 4.84. The average molecular weight is 386 g/mol. The highest BCUT2D eigenvalue weighted by Gasteiger charge is 2.17. The Kier molecular flexibility index (Phi) is 6.24. The van der Waals surface area contributed by atoms with Gasteiger partial charge in [-0.3, -0.25) is 4.79 Å². The topological polar surface area (TPSA) is 38.1 Å². The lowest BCUT2D eigenvalue weighted by atomic mass is 10.1. The second-order valence-electron chi connectivity index (χ2n) is 6.30. The molecule has 0 aliphatic carbocycles. The van der Waals surface area contributed by atoms with Crippen LogP contribution in [0.3, 0.4) is 0 Å². The van der Waals surface area contributed by atoms with Crippen LogP contribution in [0.15, 0.2) is 60.9 Å². The molecular weight excluding hydrogens is 365 g/mol. The Hall–Kier alpha value is -2.66. The lowest BCUT2D eigenvalue weighted by Crippen LogP contribution is -2.33. The van der Waals surface area contributed by atoms with E-state index < -0.39 is 0 Å². The molecule has 2 aromatic carbocycles. The summed E-state index contributed by atoms with van der Waals surface area (Å²) in [6.45, 7) is 3.18. The molecule has 0 radical (unpaired) electrons. The van der Waals surface area contributed by atoms with E-state index in [1.54, 1.807) is 34.1 Å². The van der Waals surface area contributed by atoms with E-state index in [4.69, 9.17) is 11.6 Å². The molecule has 0 saturated carbocycles. The Bertz CT molecular complexity index is 925. The fourth-order valence-electron chi connectivity index (χ4n) is 2.93. The standard InChI is InChI=1S/C21H21ClFN3O/c1-2-11-25(12-10-16-6-5-7-18(23)13-16)21(27)17-14-24-26(15-17)20-9-4-3-8-19(20)22/h3-9,13-15H,2,10-12H2,1H3. The van der Waals surface area contributed by atoms with Gasteiger partial charge in [0.25, 0.3) is 5.91 Å². The van der Waals surface area contributed by atoms with Crippen LogP contribution in [0.1, 0.15) is 29.3 Å². The van der Waals surface area contributed by atoms with Gasteiger partial charge in [-0.1, -0.05) is 42.8 Å². The van der Waals surface area contributed by atoms with Crippen molar-refractivity contribution in [2.24, 2.45) is 0 Å². The number of carbonyl (C=O) groups is 1. The number of halogens is 2. The van der Waals surface area contributed by atoms with E-state index in [-0.39, 0.29) is 11.7 Å². The maximum absolute atomic E-state index is 13.4. The highest BCUT2D eigenvalue weighted by Crippen LogP contribution is 2.20. The Morgan fingerprint density at radius 2 is 2.00 bits per heavy atom. The molecule has 1 heterocycles. The second kappa shape index (κ2) is 8.82. The van der Waals surface area contributed by atoms with Gasteiger partial charge < -0.3 is 4.90 Å². The Balaban J connectivity index is 1.74. The van der Waals surface area contributed by atoms with Gasteiger partial charge in [-0.05, 0) is 42.7 Å². The highest BCUT2D eigenvalue weighted by molar-refractivity contribution is 6.32. The van der Waals surface area contributed by atoms with Crippen LogP contribution >= 0.6 is 11.6 Å². The number of carbonyl (C=O) groups excluding carboxylic acids is 1. The summed E-state index contributed by atoms with van der Waals surface area (Å²) < 4.78 is 15.0. The first-order valence-electron chi connectivity index (χ1n) is 8.91. The van der Waals surface area contributed by atoms with Crippen LogP contribution < -0.4 is 0 Å². The van der Waals surface area contributed by atoms with E-state index in [2.05, 4.69) is 5.10 Å². The van der Waals surface area contributed by atoms with E-state index in [9.17, 15) is 9.18 Å². The zero-order valence-electron chi connectivity index (χ0n) is 15.1. The Morgan fingerprint density at radius 3 is 2.74 bits per heavy atom. The van der Waals surface area contributed by atoms with Crippen LogP contribution in [-0.2, 0) is 6.42 Å². The van der Waals surface area contributed by atoms with Crippen LogP contribution in [0, 0.1) is 5.82 Å². The van der Waals surface area contributed by atoms with Gasteiger partial charge in [-0.15, -0.1) is 0 Å². The first kappa shape index (κ1) is 19.1. The van der Waals surface area contributed by atoms with Crippen molar-refractivity contribution in [2.75, 3.05) is 13.1 Å². The minimum atomic E-state index is -0.262. The SMILES string of the molecule is CCCN(CCc1cccc(F)c1)C(=O)c1cnn(-c2ccccc2Cl)c1. The van der Waals surface area contributed by atoms with Gasteiger partial charge in [0, 0.05) is 19.3 Å². The molecule has 0 fully saturated rings. The zero-order valence-corrected chi connectivity index (χ0v) is 15.9. The van der Waals surface area contributed by atoms with E-state index in [1.165, 1.54) is 12.1 Å². The van der Waals surface area contributed by atoms with Gasteiger partial charge in [-0.25, -0.2) is 9.07 Å². The molecule has 0 N–H and O–H groups in total. The predicted octanol–water partition coefficient (Wildman–Crippen LogP) is 4.76. The third-order valence-electron chi connectivity index (χ3n) is 4.27. The third kappa shape index (κ3) is 4.74. The van der Waals surface area contributed by atoms with Crippen molar-refractivity contribution in [3.05, 3.63) is 82.9 Å². The molecule has 4 nitrogen and oxygen atoms in total. The molecule has 1 amide bonds. The molecule has 1 aromatic heterocycles. The molecule has 0 aliphatic heterocycles. The summed E-state index contributed by atoms with van der Waals surface area (Å²) >= 11 is 6.20. The number of nitrogens with zero attached hydrogens (tertiary/aromatic N) is 3. The maximum atomic E-state index is 13.4. The van der Waals surface area contributed by atoms with Crippen molar-refractivity contribution in [3.8, 4) is 5.69 Å². The molecular formula is C21H21ClFN3O. The summed E-state index contributed by atoms with van der Waals surface area (Å²) in [4.78, 5) is 14.7. The first-order chi connectivity index (χ1) is 13.1. The Morgan fingerprint density at radius 1 is 1.19 bits per heavy atom. The minimum absolute atomic E-state index is 0.0912. The van der Waals surface area contributed by atoms with Gasteiger partial charge >= 0.3 is 0 Å². The molecule has 140 valence electrons. The average Bonchev–Trinajstić information content (AvgIpc) is 3.15. The van der Waals surface area contributed by atoms with E-state index in [1.807, 2.05) is 31.2 Å². The normalized spacial score (nSPS) is 10.8. The quantitative estimate of drug-likeness (QED) is 0.588. The van der Waals surface area contributed by atoms with Crippen LogP contribution in [0.4, 0.5) is 4.39 Å². The third-order valence-corrected chi connectivity index (χ3v) is 4.59. The molecule has 0 atom stereocenters. The minimum Gasteiger partial charge on any atom is -0.338 e. The molecule has 0 spiro atoms. The number of amides is 1. The summed E-state index contributed by atoms with van der Waals surface area (Å²) in [5.74, 6) is -0.353. The highest BCUT2D eigenvalue weighted by atomic mass is 35.5. The maximum Gasteiger partial charge on any atom is 0.257 e. The fourth-order valence-corrected chi connectivity index (χ4v) is 3.15. The van der Waals surface area contributed by atoms with Crippen LogP contribution in [-0.4, -0.2) is 33.7 Å². The summed E-state index contributed by atoms with van der Waals surface area (Å²) in [6.07, 6.45) is 4.68. The molecule has 27 heavy (non-hydrogen) atoms. The van der Waals surface area contributed by atoms with Crippen LogP contribution in [0.5, 0.6) is 0 Å². The number of benzene rings is 2. The van der Waals surface area contributed by atoms with Gasteiger partial charge in [0.15, 0.2) is 0 Å². The number of para-hydroxylation sites is 1. The molecule has 0 saturated heterocycles. The molecule has 3 rings (SSSR count). The van der Waals surface area contributed by atoms with E-state index >= 15 is 0 Å². The largest absolute Gasteiger partial charge is 0.338 e. The van der Waals surface area contributed by atoms with E-state index in [0.29, 0.717) is 30.1 Å². The van der Waals surface area contributed by atoms with Crippen molar-refractivity contribution < 1.29 is 9.18 Å². The van der Waals surface area contributed by atoms with Crippen LogP contribution in [0.2, 0.25) is 5.02 Å². The summed E-state index contributed by atoms with van der Waals surface area (Å²) in [6, 6.07) is 13.8. The van der Waals surface area contributed by atoms with Gasteiger partial charge in [-0.2, -0.15) is 5.10 Å². The van der Waals surface area contributed by atoms with E-state index in [0.717, 1.165) is 17.7 Å². The fraction of sp³-hybridized carbons (Fsp3) is 0.238. The van der Waals surface area contributed by atoms with Crippen molar-refractivity contribution in [1.29, 1.82) is 0 Å². The molecule has 0 aliphatic rings. The number of rotatable bonds is 7. The van der Waals surface area contributed by atoms with Crippen LogP contribution in [0.25, 0.3) is 5.69 Å². The van der Waals surface area contributed by atoms with Crippen molar-refractivity contribution >= 4 is 17.5 Å². The summed E-state index contributed by atoms with van der Waals surface area (Å²) in [5.41, 5.74) is 2.10. The van der Waals surface area contributed by atoms with Crippen molar-refractivity contribution in [3.63, 3.8) is 0 Å². The Labute approximate surface area is 163 Å². The molecule has 6 heteroatoms. The van der Waals surface area contributed by atoms with Gasteiger partial charge in [0.2, 0.25) is 0 Å². The van der Waals surface area contributed by atoms with Gasteiger partial charge in [0.1, 0.15) is 5.82 Å². The monoisotopic (exact) mass is 385 g/mol. The van der Waals surface area contributed by atoms with Crippen molar-refractivity contribution in [2.45, 2.75) is 19.8 Å². The second-order valence-corrected chi connectivity index (χ2v) is 6.70. The molecule has 0 bridgehead atoms. The number of hydrogen-bond acceptors (Lipinski definition) is 2. The van der Waals surface area contributed by atoms with Crippen molar-refractivity contribution in [1.82, 2.24) is 14.7 Å². The number of hydrogen-bond donors (Lipinski definition) is 0. The van der Waals surface area contributed by atoms with Gasteiger partial charge in [0.05, 0.1) is 22.5 Å². The number of aromatic nitrogens is 2. The lowest BCUT2D eigenvalue weighted by Gasteiger charge is -2.21. The molecule has 3 aromatic rings. The lowest BCUT2D eigenvalue weighted by molar-refractivity contribution is 0.0757. The smallest absolute Gasteiger partial charge is 0.257 e. The molecule has 0 unspecified atom stereocenters. The first-order valence-corrected chi connectivity index (χ1v) is 9.29. The zero-order chi connectivity index (χ0) is 19.2. The predicted molar refractivity (Wildman–Crippen MR) is 105 cm³/mol. The summed E-state index contributed by atoms with van der Waals surface area (Å²) in [7, 11) is 0.